The summed E-state index contributed by atoms with van der Waals surface area (Å²) < 4.78 is 0. The molecule has 0 aromatic carbocycles. The first kappa shape index (κ1) is 20.9. The van der Waals surface area contributed by atoms with Crippen LogP contribution in [0.2, 0.25) is 0 Å². The van der Waals surface area contributed by atoms with Crippen LogP contribution in [0.5, 0.6) is 0 Å². The number of carboxylic acids is 1. The van der Waals surface area contributed by atoms with Gasteiger partial charge in [0.15, 0.2) is 5.54 Å². The number of hydrogen-bond donors (Lipinski definition) is 5. The Morgan fingerprint density at radius 3 is 2.62 bits per heavy atom. The monoisotopic (exact) mass is 369 g/mol. The number of carboxylic acid groups (broad SMARTS) is 1. The Balaban J connectivity index is 2.34. The second-order valence-electron chi connectivity index (χ2n) is 7.76. The zero-order valence-corrected chi connectivity index (χ0v) is 15.5. The lowest BCUT2D eigenvalue weighted by atomic mass is 9.67. The summed E-state index contributed by atoms with van der Waals surface area (Å²) in [5.74, 6) is -4.02. The minimum atomic E-state index is -2.26. The van der Waals surface area contributed by atoms with Gasteiger partial charge in [0.25, 0.3) is 0 Å². The molecular weight excluding hydrogens is 338 g/mol. The maximum absolute atomic E-state index is 12.5. The van der Waals surface area contributed by atoms with E-state index in [-0.39, 0.29) is 6.42 Å². The van der Waals surface area contributed by atoms with Gasteiger partial charge in [0, 0.05) is 5.92 Å². The Bertz CT molecular complexity index is 560. The van der Waals surface area contributed by atoms with Gasteiger partial charge in [0.2, 0.25) is 5.91 Å². The highest BCUT2D eigenvalue weighted by atomic mass is 16.4. The van der Waals surface area contributed by atoms with Crippen molar-refractivity contribution in [2.45, 2.75) is 82.1 Å². The predicted octanol–water partition coefficient (Wildman–Crippen LogP) is 0.965. The summed E-state index contributed by atoms with van der Waals surface area (Å²) in [4.78, 5) is 24.7. The first-order chi connectivity index (χ1) is 12.2. The van der Waals surface area contributed by atoms with Crippen molar-refractivity contribution in [3.63, 3.8) is 0 Å². The highest BCUT2D eigenvalue weighted by Crippen LogP contribution is 2.44. The quantitative estimate of drug-likeness (QED) is 0.320. The smallest absolute Gasteiger partial charge is 0.335 e. The number of unbranched alkanes of at least 4 members (excludes halogenated alkanes) is 2. The Labute approximate surface area is 154 Å². The fourth-order valence-corrected chi connectivity index (χ4v) is 4.41. The molecule has 0 radical (unpaired) electrons. The molecule has 1 aliphatic carbocycles. The molecule has 1 heterocycles. The third-order valence-electron chi connectivity index (χ3n) is 5.97. The summed E-state index contributed by atoms with van der Waals surface area (Å²) in [5, 5.41) is 44.7. The molecule has 0 aromatic heterocycles. The molecule has 7 nitrogen and oxygen atoms in total. The third kappa shape index (κ3) is 3.40. The lowest BCUT2D eigenvalue weighted by Crippen LogP contribution is -2.70. The molecule has 2 aliphatic rings. The molecule has 148 valence electrons. The number of amides is 1. The van der Waals surface area contributed by atoms with Crippen molar-refractivity contribution in [3.05, 3.63) is 12.2 Å². The number of carbonyl (C=O) groups is 2. The minimum Gasteiger partial charge on any atom is -0.479 e. The summed E-state index contributed by atoms with van der Waals surface area (Å²) >= 11 is 0. The maximum Gasteiger partial charge on any atom is 0.335 e. The van der Waals surface area contributed by atoms with E-state index in [1.807, 2.05) is 13.0 Å². The SMILES string of the molecule is CCCCCC(O)[C@H]1C(=O)N[C@](C(=O)O)([C@@H](O)[C@@H]2C=CCCC2)[C@@]1(C)O. The van der Waals surface area contributed by atoms with Crippen molar-refractivity contribution in [3.8, 4) is 0 Å². The second kappa shape index (κ2) is 8.06. The predicted molar refractivity (Wildman–Crippen MR) is 95.3 cm³/mol. The van der Waals surface area contributed by atoms with Crippen LogP contribution in [0.25, 0.3) is 0 Å². The zero-order chi connectivity index (χ0) is 19.5. The maximum atomic E-state index is 12.5. The van der Waals surface area contributed by atoms with Crippen LogP contribution in [-0.2, 0) is 9.59 Å². The van der Waals surface area contributed by atoms with Gasteiger partial charge in [-0.25, -0.2) is 4.79 Å². The topological polar surface area (TPSA) is 127 Å². The lowest BCUT2D eigenvalue weighted by molar-refractivity contribution is -0.173. The summed E-state index contributed by atoms with van der Waals surface area (Å²) in [5.41, 5.74) is -4.39. The summed E-state index contributed by atoms with van der Waals surface area (Å²) in [6.45, 7) is 3.23. The normalized spacial score (nSPS) is 36.6. The molecule has 26 heavy (non-hydrogen) atoms. The standard InChI is InChI=1S/C19H31NO6/c1-3-4-6-11-13(21)14-16(23)20-19(17(24)25,18(14,2)26)15(22)12-9-7-5-8-10-12/h7,9,12-15,21-22,26H,3-6,8,10-11H2,1-2H3,(H,20,23)(H,24,25)/t12-,13?,14+,15+,18+,19+/m1/s1. The van der Waals surface area contributed by atoms with E-state index in [2.05, 4.69) is 5.32 Å². The Morgan fingerprint density at radius 2 is 2.08 bits per heavy atom. The molecule has 7 heteroatoms. The molecule has 2 rings (SSSR count). The molecule has 0 aromatic rings. The molecule has 1 fully saturated rings. The molecule has 6 atom stereocenters. The van der Waals surface area contributed by atoms with Gasteiger partial charge in [-0.15, -0.1) is 0 Å². The van der Waals surface area contributed by atoms with Crippen LogP contribution < -0.4 is 5.32 Å². The van der Waals surface area contributed by atoms with Crippen LogP contribution >= 0.6 is 0 Å². The van der Waals surface area contributed by atoms with Crippen molar-refractivity contribution in [1.29, 1.82) is 0 Å². The van der Waals surface area contributed by atoms with Gasteiger partial charge in [0.05, 0.1) is 18.1 Å². The number of carbonyl (C=O) groups excluding carboxylic acids is 1. The van der Waals surface area contributed by atoms with E-state index in [0.717, 1.165) is 25.7 Å². The van der Waals surface area contributed by atoms with Gasteiger partial charge in [-0.1, -0.05) is 38.3 Å². The van der Waals surface area contributed by atoms with Crippen LogP contribution in [0, 0.1) is 11.8 Å². The Kier molecular flexibility index (Phi) is 6.47. The Morgan fingerprint density at radius 1 is 1.38 bits per heavy atom. The van der Waals surface area contributed by atoms with Gasteiger partial charge < -0.3 is 25.7 Å². The number of allylic oxidation sites excluding steroid dienone is 1. The van der Waals surface area contributed by atoms with Gasteiger partial charge in [-0.3, -0.25) is 4.79 Å². The van der Waals surface area contributed by atoms with E-state index < -0.39 is 47.1 Å². The molecular formula is C19H31NO6. The van der Waals surface area contributed by atoms with E-state index in [1.54, 1.807) is 6.08 Å². The van der Waals surface area contributed by atoms with E-state index in [9.17, 15) is 30.0 Å². The van der Waals surface area contributed by atoms with Crippen molar-refractivity contribution in [2.24, 2.45) is 11.8 Å². The summed E-state index contributed by atoms with van der Waals surface area (Å²) in [6, 6.07) is 0. The van der Waals surface area contributed by atoms with E-state index in [1.165, 1.54) is 6.92 Å². The van der Waals surface area contributed by atoms with Crippen LogP contribution in [0.1, 0.15) is 58.8 Å². The van der Waals surface area contributed by atoms with Crippen LogP contribution in [0.4, 0.5) is 0 Å². The van der Waals surface area contributed by atoms with Gasteiger partial charge in [-0.05, 0) is 32.6 Å². The molecule has 1 saturated heterocycles. The number of rotatable bonds is 8. The second-order valence-corrected chi connectivity index (χ2v) is 7.76. The summed E-state index contributed by atoms with van der Waals surface area (Å²) in [7, 11) is 0. The van der Waals surface area contributed by atoms with Crippen LogP contribution in [0.15, 0.2) is 12.2 Å². The first-order valence-electron chi connectivity index (χ1n) is 9.50. The minimum absolute atomic E-state index is 0.289. The molecule has 0 spiro atoms. The van der Waals surface area contributed by atoms with Crippen molar-refractivity contribution in [1.82, 2.24) is 5.32 Å². The number of hydrogen-bond acceptors (Lipinski definition) is 5. The largest absolute Gasteiger partial charge is 0.479 e. The third-order valence-corrected chi connectivity index (χ3v) is 5.97. The van der Waals surface area contributed by atoms with Crippen LogP contribution in [0.3, 0.4) is 0 Å². The number of aliphatic hydroxyl groups is 3. The average molecular weight is 369 g/mol. The highest BCUT2D eigenvalue weighted by molar-refractivity contribution is 5.96. The van der Waals surface area contributed by atoms with Crippen molar-refractivity contribution in [2.75, 3.05) is 0 Å². The van der Waals surface area contributed by atoms with Crippen molar-refractivity contribution < 1.29 is 30.0 Å². The van der Waals surface area contributed by atoms with Crippen LogP contribution in [-0.4, -0.2) is 55.7 Å². The molecule has 1 aliphatic heterocycles. The number of nitrogens with one attached hydrogen (secondary N) is 1. The fraction of sp³-hybridized carbons (Fsp3) is 0.789. The van der Waals surface area contributed by atoms with E-state index in [4.69, 9.17) is 0 Å². The molecule has 0 saturated carbocycles. The number of aliphatic carboxylic acids is 1. The molecule has 5 N–H and O–H groups in total. The van der Waals surface area contributed by atoms with Gasteiger partial charge in [0.1, 0.15) is 5.60 Å². The first-order valence-corrected chi connectivity index (χ1v) is 9.50. The van der Waals surface area contributed by atoms with E-state index in [0.29, 0.717) is 12.8 Å². The molecule has 1 unspecified atom stereocenters. The van der Waals surface area contributed by atoms with E-state index >= 15 is 0 Å². The Hall–Kier alpha value is -1.44. The van der Waals surface area contributed by atoms with Gasteiger partial charge >= 0.3 is 5.97 Å². The molecule has 0 bridgehead atoms. The summed E-state index contributed by atoms with van der Waals surface area (Å²) in [6.07, 6.45) is 5.93. The lowest BCUT2D eigenvalue weighted by Gasteiger charge is -2.43. The highest BCUT2D eigenvalue weighted by Gasteiger charge is 2.70. The molecule has 1 amide bonds. The number of aliphatic hydroxyl groups excluding tert-OH is 2. The fourth-order valence-electron chi connectivity index (χ4n) is 4.41. The average Bonchev–Trinajstić information content (AvgIpc) is 2.81. The zero-order valence-electron chi connectivity index (χ0n) is 15.5. The van der Waals surface area contributed by atoms with Crippen molar-refractivity contribution >= 4 is 11.9 Å². The van der Waals surface area contributed by atoms with Gasteiger partial charge in [-0.2, -0.15) is 0 Å².